The summed E-state index contributed by atoms with van der Waals surface area (Å²) in [5.41, 5.74) is 0.936. The lowest BCUT2D eigenvalue weighted by atomic mass is 10.3. The summed E-state index contributed by atoms with van der Waals surface area (Å²) in [7, 11) is 4.02. The number of nitrogens with zero attached hydrogens (tertiary/aromatic N) is 3. The van der Waals surface area contributed by atoms with Crippen LogP contribution in [0.3, 0.4) is 0 Å². The van der Waals surface area contributed by atoms with Gasteiger partial charge in [0.05, 0.1) is 16.0 Å². The third-order valence-corrected chi connectivity index (χ3v) is 7.08. The van der Waals surface area contributed by atoms with Crippen LogP contribution in [0.4, 0.5) is 5.13 Å². The summed E-state index contributed by atoms with van der Waals surface area (Å²) in [5.74, 6) is 0.423. The number of thiazole rings is 1. The van der Waals surface area contributed by atoms with Gasteiger partial charge in [0, 0.05) is 27.9 Å². The number of likely N-dealkylation sites (N-methyl/N-ethyl adjacent to an activating group) is 1. The summed E-state index contributed by atoms with van der Waals surface area (Å²) < 4.78 is 1.11. The maximum atomic E-state index is 13.0. The maximum Gasteiger partial charge on any atom is 0.239 e. The van der Waals surface area contributed by atoms with Crippen LogP contribution in [-0.2, 0) is 4.79 Å². The van der Waals surface area contributed by atoms with E-state index in [1.54, 1.807) is 23.1 Å². The van der Waals surface area contributed by atoms with Gasteiger partial charge >= 0.3 is 0 Å². The third kappa shape index (κ3) is 6.77. The molecule has 0 fully saturated rings. The SMILES string of the molecule is CSc1ccc2nc(N(CCN(C)C)C(=O)CSc3ccc(Cl)cc3)sc2c1.Cl. The van der Waals surface area contributed by atoms with Gasteiger partial charge in [-0.3, -0.25) is 9.69 Å². The molecule has 29 heavy (non-hydrogen) atoms. The topological polar surface area (TPSA) is 36.4 Å². The first-order valence-electron chi connectivity index (χ1n) is 8.74. The van der Waals surface area contributed by atoms with Crippen LogP contribution in [-0.4, -0.2) is 55.0 Å². The van der Waals surface area contributed by atoms with Gasteiger partial charge in [0.2, 0.25) is 5.91 Å². The molecule has 1 amide bonds. The Morgan fingerprint density at radius 3 is 2.45 bits per heavy atom. The van der Waals surface area contributed by atoms with Crippen molar-refractivity contribution in [2.75, 3.05) is 44.1 Å². The first kappa shape index (κ1) is 24.3. The molecule has 0 aliphatic heterocycles. The lowest BCUT2D eigenvalue weighted by molar-refractivity contribution is -0.116. The molecule has 0 saturated carbocycles. The first-order chi connectivity index (χ1) is 13.5. The minimum absolute atomic E-state index is 0. The molecule has 9 heteroatoms. The number of amides is 1. The Kier molecular flexibility index (Phi) is 9.59. The fourth-order valence-electron chi connectivity index (χ4n) is 2.52. The third-order valence-electron chi connectivity index (χ3n) is 4.06. The van der Waals surface area contributed by atoms with Crippen molar-refractivity contribution in [1.82, 2.24) is 9.88 Å². The molecule has 0 spiro atoms. The Bertz CT molecular complexity index is 948. The van der Waals surface area contributed by atoms with E-state index in [0.29, 0.717) is 17.3 Å². The quantitative estimate of drug-likeness (QED) is 0.376. The molecule has 0 bridgehead atoms. The van der Waals surface area contributed by atoms with Crippen LogP contribution in [0.1, 0.15) is 0 Å². The molecule has 0 saturated heterocycles. The van der Waals surface area contributed by atoms with Crippen LogP contribution < -0.4 is 4.90 Å². The van der Waals surface area contributed by atoms with Crippen LogP contribution in [0.5, 0.6) is 0 Å². The molecule has 0 atom stereocenters. The molecule has 0 unspecified atom stereocenters. The lowest BCUT2D eigenvalue weighted by Gasteiger charge is -2.21. The van der Waals surface area contributed by atoms with Crippen molar-refractivity contribution < 1.29 is 4.79 Å². The fraction of sp³-hybridized carbons (Fsp3) is 0.300. The number of anilines is 1. The predicted octanol–water partition coefficient (Wildman–Crippen LogP) is 5.78. The molecule has 4 nitrogen and oxygen atoms in total. The lowest BCUT2D eigenvalue weighted by Crippen LogP contribution is -2.37. The second-order valence-corrected chi connectivity index (χ2v) is 9.80. The summed E-state index contributed by atoms with van der Waals surface area (Å²) >= 11 is 10.7. The first-order valence-corrected chi connectivity index (χ1v) is 12.1. The van der Waals surface area contributed by atoms with E-state index in [0.717, 1.165) is 26.8 Å². The van der Waals surface area contributed by atoms with Crippen molar-refractivity contribution in [3.8, 4) is 0 Å². The minimum atomic E-state index is 0. The highest BCUT2D eigenvalue weighted by Crippen LogP contribution is 2.32. The molecule has 2 aromatic carbocycles. The number of hydrogen-bond acceptors (Lipinski definition) is 6. The van der Waals surface area contributed by atoms with Crippen molar-refractivity contribution in [2.24, 2.45) is 0 Å². The average Bonchev–Trinajstić information content (AvgIpc) is 3.10. The Balaban J connectivity index is 0.00000300. The number of fused-ring (bicyclic) bond motifs is 1. The number of carbonyl (C=O) groups is 1. The van der Waals surface area contributed by atoms with E-state index >= 15 is 0 Å². The monoisotopic (exact) mass is 487 g/mol. The van der Waals surface area contributed by atoms with Crippen LogP contribution in [0.2, 0.25) is 5.02 Å². The number of hydrogen-bond donors (Lipinski definition) is 0. The van der Waals surface area contributed by atoms with Gasteiger partial charge in [-0.2, -0.15) is 0 Å². The zero-order chi connectivity index (χ0) is 20.1. The number of carbonyl (C=O) groups excluding carboxylic acids is 1. The molecule has 1 aromatic heterocycles. The second-order valence-electron chi connectivity index (χ2n) is 6.42. The van der Waals surface area contributed by atoms with Gasteiger partial charge in [-0.15, -0.1) is 35.9 Å². The van der Waals surface area contributed by atoms with Crippen molar-refractivity contribution >= 4 is 80.1 Å². The van der Waals surface area contributed by atoms with Crippen molar-refractivity contribution in [2.45, 2.75) is 9.79 Å². The Labute approximate surface area is 195 Å². The zero-order valence-corrected chi connectivity index (χ0v) is 20.4. The summed E-state index contributed by atoms with van der Waals surface area (Å²) in [5, 5.41) is 1.46. The number of benzene rings is 2. The second kappa shape index (κ2) is 11.4. The molecule has 0 aliphatic carbocycles. The smallest absolute Gasteiger partial charge is 0.239 e. The normalized spacial score (nSPS) is 10.9. The van der Waals surface area contributed by atoms with Crippen LogP contribution in [0.15, 0.2) is 52.3 Å². The van der Waals surface area contributed by atoms with Crippen LogP contribution in [0.25, 0.3) is 10.2 Å². The zero-order valence-electron chi connectivity index (χ0n) is 16.4. The molecular weight excluding hydrogens is 465 g/mol. The van der Waals surface area contributed by atoms with Crippen molar-refractivity contribution in [1.29, 1.82) is 0 Å². The van der Waals surface area contributed by atoms with Crippen molar-refractivity contribution in [3.63, 3.8) is 0 Å². The molecule has 0 radical (unpaired) electrons. The Hall–Kier alpha value is -0.960. The van der Waals surface area contributed by atoms with Gasteiger partial charge in [0.1, 0.15) is 0 Å². The van der Waals surface area contributed by atoms with E-state index in [2.05, 4.69) is 23.3 Å². The van der Waals surface area contributed by atoms with Gasteiger partial charge in [-0.25, -0.2) is 4.98 Å². The van der Waals surface area contributed by atoms with E-state index in [1.807, 2.05) is 49.3 Å². The number of halogens is 2. The van der Waals surface area contributed by atoms with E-state index < -0.39 is 0 Å². The van der Waals surface area contributed by atoms with Crippen molar-refractivity contribution in [3.05, 3.63) is 47.5 Å². The van der Waals surface area contributed by atoms with Gasteiger partial charge in [-0.05, 0) is 62.8 Å². The molecular formula is C20H23Cl2N3OS3. The Morgan fingerprint density at radius 1 is 1.10 bits per heavy atom. The summed E-state index contributed by atoms with van der Waals surface area (Å²) in [6.45, 7) is 1.39. The van der Waals surface area contributed by atoms with Gasteiger partial charge in [-0.1, -0.05) is 22.9 Å². The Morgan fingerprint density at radius 2 is 1.79 bits per heavy atom. The molecule has 1 heterocycles. The van der Waals surface area contributed by atoms with E-state index in [9.17, 15) is 4.79 Å². The predicted molar refractivity (Wildman–Crippen MR) is 132 cm³/mol. The number of rotatable bonds is 8. The standard InChI is InChI=1S/C20H22ClN3OS3.ClH/c1-23(2)10-11-24(19(25)13-27-15-6-4-14(21)5-7-15)20-22-17-9-8-16(26-3)12-18(17)28-20;/h4-9,12H,10-11,13H2,1-3H3;1H. The fourth-order valence-corrected chi connectivity index (χ4v) is 4.98. The van der Waals surface area contributed by atoms with E-state index in [-0.39, 0.29) is 18.3 Å². The van der Waals surface area contributed by atoms with Gasteiger partial charge in [0.15, 0.2) is 5.13 Å². The molecule has 0 aliphatic rings. The largest absolute Gasteiger partial charge is 0.308 e. The van der Waals surface area contributed by atoms with Gasteiger partial charge < -0.3 is 4.90 Å². The number of aromatic nitrogens is 1. The minimum Gasteiger partial charge on any atom is -0.308 e. The average molecular weight is 489 g/mol. The van der Waals surface area contributed by atoms with E-state index in [4.69, 9.17) is 16.6 Å². The highest BCUT2D eigenvalue weighted by Gasteiger charge is 2.20. The summed E-state index contributed by atoms with van der Waals surface area (Å²) in [6, 6.07) is 13.8. The van der Waals surface area contributed by atoms with Crippen LogP contribution in [0, 0.1) is 0 Å². The summed E-state index contributed by atoms with van der Waals surface area (Å²) in [6.07, 6.45) is 2.06. The highest BCUT2D eigenvalue weighted by atomic mass is 35.5. The summed E-state index contributed by atoms with van der Waals surface area (Å²) in [4.78, 5) is 23.9. The maximum absolute atomic E-state index is 13.0. The van der Waals surface area contributed by atoms with Gasteiger partial charge in [0.25, 0.3) is 0 Å². The molecule has 3 aromatic rings. The highest BCUT2D eigenvalue weighted by molar-refractivity contribution is 8.00. The molecule has 3 rings (SSSR count). The van der Waals surface area contributed by atoms with E-state index in [1.165, 1.54) is 16.7 Å². The molecule has 156 valence electrons. The van der Waals surface area contributed by atoms with Crippen LogP contribution >= 0.6 is 58.9 Å². The number of thioether (sulfide) groups is 2. The molecule has 0 N–H and O–H groups in total.